The average molecular weight is 649 g/mol. The maximum Gasteiger partial charge on any atom is 0.407 e. The van der Waals surface area contributed by atoms with Crippen LogP contribution in [-0.4, -0.2) is 58.0 Å². The van der Waals surface area contributed by atoms with Gasteiger partial charge in [0.15, 0.2) is 0 Å². The van der Waals surface area contributed by atoms with Crippen LogP contribution in [0.1, 0.15) is 63.0 Å². The van der Waals surface area contributed by atoms with Crippen LogP contribution in [0.5, 0.6) is 0 Å². The number of amides is 2. The Morgan fingerprint density at radius 2 is 1.89 bits per heavy atom. The first-order valence-corrected chi connectivity index (χ1v) is 16.9. The molecule has 0 spiro atoms. The predicted molar refractivity (Wildman–Crippen MR) is 172 cm³/mol. The lowest BCUT2D eigenvalue weighted by Crippen LogP contribution is -2.49. The van der Waals surface area contributed by atoms with Crippen molar-refractivity contribution in [2.24, 2.45) is 5.92 Å². The van der Waals surface area contributed by atoms with E-state index in [-0.39, 0.29) is 48.3 Å². The highest BCUT2D eigenvalue weighted by atomic mass is 35.5. The average Bonchev–Trinajstić information content (AvgIpc) is 3.07. The lowest BCUT2D eigenvalue weighted by molar-refractivity contribution is -0.119. The van der Waals surface area contributed by atoms with Crippen LogP contribution in [0.2, 0.25) is 5.02 Å². The van der Waals surface area contributed by atoms with Crippen molar-refractivity contribution in [1.82, 2.24) is 15.4 Å². The Balaban J connectivity index is 1.91. The number of halogens is 2. The molecule has 0 radical (unpaired) electrons. The Labute approximate surface area is 265 Å². The highest BCUT2D eigenvalue weighted by Crippen LogP contribution is 2.35. The molecule has 1 fully saturated rings. The Morgan fingerprint density at radius 3 is 2.52 bits per heavy atom. The van der Waals surface area contributed by atoms with Crippen molar-refractivity contribution in [3.05, 3.63) is 64.4 Å². The Morgan fingerprint density at radius 1 is 1.18 bits per heavy atom. The molecule has 12 heteroatoms. The van der Waals surface area contributed by atoms with Crippen molar-refractivity contribution in [3.63, 3.8) is 0 Å². The molecule has 2 aromatic carbocycles. The molecule has 0 aliphatic carbocycles. The van der Waals surface area contributed by atoms with Gasteiger partial charge in [-0.05, 0) is 61.4 Å². The number of ether oxygens (including phenoxy) is 1. The fourth-order valence-corrected chi connectivity index (χ4v) is 7.20. The van der Waals surface area contributed by atoms with Gasteiger partial charge >= 0.3 is 6.09 Å². The van der Waals surface area contributed by atoms with E-state index in [0.29, 0.717) is 17.9 Å². The monoisotopic (exact) mass is 648 g/mol. The summed E-state index contributed by atoms with van der Waals surface area (Å²) in [6.45, 7) is 4.30. The number of sulfonamides is 1. The van der Waals surface area contributed by atoms with Crippen molar-refractivity contribution >= 4 is 39.3 Å². The van der Waals surface area contributed by atoms with Crippen molar-refractivity contribution < 1.29 is 27.1 Å². The maximum absolute atomic E-state index is 15.3. The summed E-state index contributed by atoms with van der Waals surface area (Å²) in [7, 11) is -2.33. The quantitative estimate of drug-likeness (QED) is 0.255. The molecule has 1 aliphatic heterocycles. The third kappa shape index (κ3) is 9.92. The zero-order chi connectivity index (χ0) is 32.3. The summed E-state index contributed by atoms with van der Waals surface area (Å²) >= 11 is 6.14. The molecule has 240 valence electrons. The molecular formula is C32H42ClFN4O5S. The van der Waals surface area contributed by atoms with E-state index in [1.807, 2.05) is 26.0 Å². The van der Waals surface area contributed by atoms with Crippen LogP contribution in [0.15, 0.2) is 42.5 Å². The molecule has 2 amide bonds. The van der Waals surface area contributed by atoms with E-state index in [9.17, 15) is 18.0 Å². The molecule has 44 heavy (non-hydrogen) atoms. The first-order chi connectivity index (χ1) is 21.0. The van der Waals surface area contributed by atoms with Crippen LogP contribution < -0.4 is 20.7 Å². The highest BCUT2D eigenvalue weighted by molar-refractivity contribution is 7.89. The number of hydrogen-bond acceptors (Lipinski definition) is 6. The summed E-state index contributed by atoms with van der Waals surface area (Å²) in [5.74, 6) is 1.06. The van der Waals surface area contributed by atoms with Gasteiger partial charge < -0.3 is 20.7 Å². The molecule has 2 aromatic rings. The van der Waals surface area contributed by atoms with Crippen molar-refractivity contribution in [2.75, 3.05) is 24.7 Å². The molecule has 1 heterocycles. The number of rotatable bonds is 11. The third-order valence-electron chi connectivity index (χ3n) is 8.10. The fourth-order valence-electron chi connectivity index (χ4n) is 5.70. The number of carbonyl (C=O) groups excluding carboxylic acids is 2. The zero-order valence-corrected chi connectivity index (χ0v) is 26.9. The molecule has 1 aliphatic rings. The predicted octanol–water partition coefficient (Wildman–Crippen LogP) is 4.97. The van der Waals surface area contributed by atoms with Gasteiger partial charge in [0.2, 0.25) is 15.9 Å². The van der Waals surface area contributed by atoms with Crippen LogP contribution in [-0.2, 0) is 26.0 Å². The fraction of sp³-hybridized carbons (Fsp3) is 0.500. The van der Waals surface area contributed by atoms with Gasteiger partial charge in [-0.2, -0.15) is 0 Å². The van der Waals surface area contributed by atoms with Crippen LogP contribution in [0, 0.1) is 24.1 Å². The zero-order valence-electron chi connectivity index (χ0n) is 25.4. The molecule has 4 atom stereocenters. The molecule has 4 N–H and O–H groups in total. The van der Waals surface area contributed by atoms with E-state index in [0.717, 1.165) is 18.4 Å². The van der Waals surface area contributed by atoms with Gasteiger partial charge in [0.25, 0.3) is 0 Å². The van der Waals surface area contributed by atoms with E-state index in [4.69, 9.17) is 22.8 Å². The lowest BCUT2D eigenvalue weighted by atomic mass is 9.77. The molecule has 9 nitrogen and oxygen atoms in total. The minimum absolute atomic E-state index is 0.00632. The first kappa shape index (κ1) is 35.3. The molecule has 0 saturated carbocycles. The number of benzene rings is 2. The van der Waals surface area contributed by atoms with Crippen molar-refractivity contribution in [1.29, 1.82) is 0 Å². The molecular weight excluding hydrogens is 607 g/mol. The summed E-state index contributed by atoms with van der Waals surface area (Å²) in [5, 5.41) is 9.28. The second kappa shape index (κ2) is 16.8. The number of hydrogen-bond donors (Lipinski definition) is 4. The molecule has 0 bridgehead atoms. The molecule has 3 unspecified atom stereocenters. The number of terminal acetylenes is 1. The van der Waals surface area contributed by atoms with E-state index < -0.39 is 45.8 Å². The van der Waals surface area contributed by atoms with Crippen molar-refractivity contribution in [3.8, 4) is 12.3 Å². The second-order valence-electron chi connectivity index (χ2n) is 11.0. The van der Waals surface area contributed by atoms with E-state index in [1.165, 1.54) is 19.2 Å². The number of anilines is 1. The Bertz CT molecular complexity index is 1410. The maximum atomic E-state index is 15.3. The molecule has 1 saturated heterocycles. The van der Waals surface area contributed by atoms with Gasteiger partial charge in [-0.25, -0.2) is 22.3 Å². The number of alkyl carbamates (subject to hydrolysis) is 1. The van der Waals surface area contributed by atoms with Gasteiger partial charge in [-0.1, -0.05) is 62.4 Å². The molecule has 3 rings (SSSR count). The highest BCUT2D eigenvalue weighted by Gasteiger charge is 2.36. The van der Waals surface area contributed by atoms with Crippen molar-refractivity contribution in [2.45, 2.75) is 76.4 Å². The number of carbonyl (C=O) groups is 2. The summed E-state index contributed by atoms with van der Waals surface area (Å²) in [5.41, 5.74) is 1.26. The van der Waals surface area contributed by atoms with Crippen LogP contribution in [0.3, 0.4) is 0 Å². The largest absolute Gasteiger partial charge is 0.453 e. The lowest BCUT2D eigenvalue weighted by Gasteiger charge is -2.33. The standard InChI is InChI=1S/C32H42ClFN4O5S/c1-5-21(6-2)29(22-13-15-23(33)16-14-22)30(37-32(40)43-4)31(39)36-28-12-8-11-27(34)26(28)18-17-25-20-35-24(7-3)10-9-19-44(41,42)38-25/h3,8,11-16,21,24-25,29-30,35,38H,5-6,9-10,17-20H2,1-2,4H3,(H,36,39)(H,37,40)/t24?,25?,29?,30-/m0/s1. The van der Waals surface area contributed by atoms with E-state index in [1.54, 1.807) is 18.2 Å². The SMILES string of the molecule is C#CC1CCCS(=O)(=O)NC(CCc2c(F)cccc2NC(=O)[C@@H](NC(=O)OC)C(c2ccc(Cl)cc2)C(CC)CC)CN1. The number of methoxy groups -OCH3 is 1. The van der Waals surface area contributed by atoms with Gasteiger partial charge in [0.05, 0.1) is 18.9 Å². The van der Waals surface area contributed by atoms with E-state index >= 15 is 4.39 Å². The van der Waals surface area contributed by atoms with Gasteiger partial charge in [-0.3, -0.25) is 4.79 Å². The summed E-state index contributed by atoms with van der Waals surface area (Å²) < 4.78 is 48.0. The second-order valence-corrected chi connectivity index (χ2v) is 13.3. The van der Waals surface area contributed by atoms with Crippen LogP contribution >= 0.6 is 11.6 Å². The smallest absolute Gasteiger partial charge is 0.407 e. The Kier molecular flexibility index (Phi) is 13.5. The minimum atomic E-state index is -3.55. The minimum Gasteiger partial charge on any atom is -0.453 e. The first-order valence-electron chi connectivity index (χ1n) is 14.9. The summed E-state index contributed by atoms with van der Waals surface area (Å²) in [6.07, 6.45) is 7.60. The molecule has 0 aromatic heterocycles. The Hall–Kier alpha value is -3.17. The topological polar surface area (TPSA) is 126 Å². The van der Waals surface area contributed by atoms with E-state index in [2.05, 4.69) is 26.6 Å². The third-order valence-corrected chi connectivity index (χ3v) is 9.87. The van der Waals surface area contributed by atoms with Crippen LogP contribution in [0.4, 0.5) is 14.9 Å². The van der Waals surface area contributed by atoms with Gasteiger partial charge in [0, 0.05) is 34.8 Å². The number of nitrogens with one attached hydrogen (secondary N) is 4. The summed E-state index contributed by atoms with van der Waals surface area (Å²) in [4.78, 5) is 26.4. The normalized spacial score (nSPS) is 19.8. The van der Waals surface area contributed by atoms with Crippen LogP contribution in [0.25, 0.3) is 0 Å². The van der Waals surface area contributed by atoms with Gasteiger partial charge in [-0.15, -0.1) is 6.42 Å². The summed E-state index contributed by atoms with van der Waals surface area (Å²) in [6, 6.07) is 9.60. The van der Waals surface area contributed by atoms with Gasteiger partial charge in [0.1, 0.15) is 11.9 Å².